The van der Waals surface area contributed by atoms with E-state index in [4.69, 9.17) is 10.1 Å². The molecule has 2 atom stereocenters. The van der Waals surface area contributed by atoms with E-state index < -0.39 is 5.41 Å². The molecule has 1 aliphatic heterocycles. The minimum atomic E-state index is -0.676. The van der Waals surface area contributed by atoms with E-state index >= 15 is 0 Å². The summed E-state index contributed by atoms with van der Waals surface area (Å²) in [5.41, 5.74) is 4.48. The molecule has 0 spiro atoms. The van der Waals surface area contributed by atoms with Crippen LogP contribution in [0, 0.1) is 11.3 Å². The van der Waals surface area contributed by atoms with Crippen LogP contribution in [0.1, 0.15) is 79.6 Å². The van der Waals surface area contributed by atoms with E-state index in [1.807, 2.05) is 45.0 Å². The summed E-state index contributed by atoms with van der Waals surface area (Å²) < 4.78 is 0. The van der Waals surface area contributed by atoms with Gasteiger partial charge in [0.1, 0.15) is 11.9 Å². The fourth-order valence-corrected chi connectivity index (χ4v) is 5.99. The summed E-state index contributed by atoms with van der Waals surface area (Å²) in [6, 6.07) is 7.92. The van der Waals surface area contributed by atoms with Crippen molar-refractivity contribution in [1.29, 1.82) is 5.26 Å². The second-order valence-corrected chi connectivity index (χ2v) is 12.0. The molecule has 0 saturated carbocycles. The number of nitrogens with one attached hydrogen (secondary N) is 2. The van der Waals surface area contributed by atoms with E-state index in [-0.39, 0.29) is 24.4 Å². The Hall–Kier alpha value is -4.49. The second-order valence-electron chi connectivity index (χ2n) is 12.0. The van der Waals surface area contributed by atoms with E-state index in [0.29, 0.717) is 30.9 Å². The highest BCUT2D eigenvalue weighted by Gasteiger charge is 2.44. The maximum atomic E-state index is 12.9. The van der Waals surface area contributed by atoms with Crippen LogP contribution < -0.4 is 5.32 Å². The predicted octanol–water partition coefficient (Wildman–Crippen LogP) is 5.18. The zero-order valence-electron chi connectivity index (χ0n) is 29.5. The molecule has 2 N–H and O–H groups in total. The van der Waals surface area contributed by atoms with E-state index in [2.05, 4.69) is 61.4 Å². The molecule has 2 aliphatic rings. The Bertz CT molecular complexity index is 1460. The van der Waals surface area contributed by atoms with Gasteiger partial charge in [0.25, 0.3) is 5.91 Å². The Balaban J connectivity index is 0.00000100. The van der Waals surface area contributed by atoms with Gasteiger partial charge in [0.05, 0.1) is 18.0 Å². The minimum Gasteiger partial charge on any atom is -0.384 e. The molecular formula is C37H54N8O2. The second kappa shape index (κ2) is 18.6. The Labute approximate surface area is 281 Å². The molecule has 254 valence electrons. The molecule has 2 heterocycles. The first kappa shape index (κ1) is 38.7. The van der Waals surface area contributed by atoms with Crippen LogP contribution >= 0.6 is 0 Å². The van der Waals surface area contributed by atoms with Gasteiger partial charge in [-0.25, -0.2) is 4.98 Å². The molecule has 2 aromatic rings. The Morgan fingerprint density at radius 2 is 1.96 bits per heavy atom. The number of hydrogen-bond donors (Lipinski definition) is 2. The molecule has 10 heteroatoms. The number of nitrogens with zero attached hydrogens (tertiary/aromatic N) is 6. The summed E-state index contributed by atoms with van der Waals surface area (Å²) in [5.74, 6) is 1.44. The molecular weight excluding hydrogens is 588 g/mol. The first-order valence-electron chi connectivity index (χ1n) is 16.3. The molecule has 2 amide bonds. The number of aromatic amines is 1. The highest BCUT2D eigenvalue weighted by atomic mass is 16.2. The average Bonchev–Trinajstić information content (AvgIpc) is 3.75. The average molecular weight is 643 g/mol. The van der Waals surface area contributed by atoms with Crippen molar-refractivity contribution in [2.24, 2.45) is 0 Å². The molecule has 1 fully saturated rings. The Morgan fingerprint density at radius 1 is 1.26 bits per heavy atom. The molecule has 0 radical (unpaired) electrons. The number of allylic oxidation sites excluding steroid dienone is 4. The summed E-state index contributed by atoms with van der Waals surface area (Å²) in [4.78, 5) is 35.9. The van der Waals surface area contributed by atoms with Gasteiger partial charge in [0, 0.05) is 46.7 Å². The molecule has 1 saturated heterocycles. The summed E-state index contributed by atoms with van der Waals surface area (Å²) in [6.45, 7) is 17.0. The molecule has 1 aliphatic carbocycles. The first-order valence-corrected chi connectivity index (χ1v) is 16.3. The molecule has 1 aromatic heterocycles. The smallest absolute Gasteiger partial charge is 0.253 e. The third-order valence-corrected chi connectivity index (χ3v) is 8.59. The lowest BCUT2D eigenvalue weighted by Gasteiger charge is -2.36. The van der Waals surface area contributed by atoms with Crippen molar-refractivity contribution in [3.63, 3.8) is 0 Å². The topological polar surface area (TPSA) is 121 Å². The standard InChI is InChI=1S/C31H41N7O2.C4H9N.C2H4/c1-6-21(3)25-12-8-10-22-18-23(29(40)37(4)5)13-14-26(22)31(25,30-34-27(7-2)35-36-30)15-16-33-20-28(39)38-17-9-11-24(38)19-32;1-4-5(2)3;1-2/h6,12-14,18,24,33H,7-11,15-17,20H2,1-5H3,(H,34,35,36);4H,1H2,2-3H3;1-2H2/b21-6-;;. The molecule has 10 nitrogen and oxygen atoms in total. The van der Waals surface area contributed by atoms with Gasteiger partial charge < -0.3 is 20.0 Å². The van der Waals surface area contributed by atoms with E-state index in [1.54, 1.807) is 30.1 Å². The summed E-state index contributed by atoms with van der Waals surface area (Å²) >= 11 is 0. The normalized spacial score (nSPS) is 18.6. The molecule has 4 rings (SSSR count). The van der Waals surface area contributed by atoms with Crippen LogP contribution in [0.25, 0.3) is 0 Å². The highest BCUT2D eigenvalue weighted by Crippen LogP contribution is 2.47. The van der Waals surface area contributed by atoms with Crippen LogP contribution in [-0.4, -0.2) is 95.6 Å². The van der Waals surface area contributed by atoms with Gasteiger partial charge in [-0.05, 0) is 87.5 Å². The van der Waals surface area contributed by atoms with Crippen molar-refractivity contribution in [1.82, 2.24) is 35.2 Å². The van der Waals surface area contributed by atoms with Crippen LogP contribution in [0.5, 0.6) is 0 Å². The lowest BCUT2D eigenvalue weighted by atomic mass is 9.67. The van der Waals surface area contributed by atoms with Crippen LogP contribution in [0.15, 0.2) is 67.4 Å². The number of hydrogen-bond acceptors (Lipinski definition) is 7. The number of fused-ring (bicyclic) bond motifs is 1. The number of nitriles is 1. The van der Waals surface area contributed by atoms with Gasteiger partial charge in [0.2, 0.25) is 5.91 Å². The van der Waals surface area contributed by atoms with Crippen molar-refractivity contribution in [2.45, 2.75) is 70.8 Å². The SMILES string of the molecule is C/C=C(/C)C1=CCCc2cc(C(=O)N(C)C)ccc2C1(CCNCC(=O)N1CCCC1C#N)c1n[nH]c(CC)n1.C=C.C=CN(C)C. The van der Waals surface area contributed by atoms with Gasteiger partial charge in [0.15, 0.2) is 5.82 Å². The summed E-state index contributed by atoms with van der Waals surface area (Å²) in [7, 11) is 7.41. The quantitative estimate of drug-likeness (QED) is 0.271. The number of amides is 2. The predicted molar refractivity (Wildman–Crippen MR) is 190 cm³/mol. The molecule has 0 bridgehead atoms. The van der Waals surface area contributed by atoms with Gasteiger partial charge in [-0.3, -0.25) is 14.7 Å². The Morgan fingerprint density at radius 3 is 2.53 bits per heavy atom. The molecule has 2 unspecified atom stereocenters. The van der Waals surface area contributed by atoms with Gasteiger partial charge in [-0.1, -0.05) is 37.3 Å². The number of benzene rings is 1. The van der Waals surface area contributed by atoms with Crippen molar-refractivity contribution in [3.8, 4) is 6.07 Å². The van der Waals surface area contributed by atoms with Crippen LogP contribution in [0.4, 0.5) is 0 Å². The lowest BCUT2D eigenvalue weighted by molar-refractivity contribution is -0.130. The monoisotopic (exact) mass is 642 g/mol. The number of likely N-dealkylation sites (tertiary alicyclic amines) is 1. The van der Waals surface area contributed by atoms with Gasteiger partial charge >= 0.3 is 0 Å². The number of carbonyl (C=O) groups is 2. The van der Waals surface area contributed by atoms with E-state index in [0.717, 1.165) is 60.2 Å². The van der Waals surface area contributed by atoms with Crippen molar-refractivity contribution < 1.29 is 9.59 Å². The lowest BCUT2D eigenvalue weighted by Crippen LogP contribution is -2.42. The maximum Gasteiger partial charge on any atom is 0.253 e. The zero-order valence-corrected chi connectivity index (χ0v) is 29.5. The van der Waals surface area contributed by atoms with Gasteiger partial charge in [-0.2, -0.15) is 10.4 Å². The van der Waals surface area contributed by atoms with Crippen molar-refractivity contribution >= 4 is 11.8 Å². The minimum absolute atomic E-state index is 0.0283. The largest absolute Gasteiger partial charge is 0.384 e. The number of rotatable bonds is 10. The van der Waals surface area contributed by atoms with Crippen LogP contribution in [-0.2, 0) is 23.1 Å². The number of carbonyl (C=O) groups excluding carboxylic acids is 2. The fraction of sp³-hybridized carbons (Fsp3) is 0.486. The number of H-pyrrole nitrogens is 1. The number of aryl methyl sites for hydroxylation is 2. The molecule has 1 aromatic carbocycles. The summed E-state index contributed by atoms with van der Waals surface area (Å²) in [6.07, 6.45) is 10.7. The van der Waals surface area contributed by atoms with Crippen molar-refractivity contribution in [3.05, 3.63) is 95.8 Å². The number of aromatic nitrogens is 3. The van der Waals surface area contributed by atoms with Gasteiger partial charge in [-0.15, -0.1) is 13.2 Å². The van der Waals surface area contributed by atoms with E-state index in [1.165, 1.54) is 0 Å². The third-order valence-electron chi connectivity index (χ3n) is 8.59. The third kappa shape index (κ3) is 9.29. The first-order chi connectivity index (χ1) is 22.5. The van der Waals surface area contributed by atoms with E-state index in [9.17, 15) is 14.9 Å². The van der Waals surface area contributed by atoms with Crippen LogP contribution in [0.3, 0.4) is 0 Å². The molecule has 47 heavy (non-hydrogen) atoms. The van der Waals surface area contributed by atoms with Crippen molar-refractivity contribution in [2.75, 3.05) is 47.8 Å². The van der Waals surface area contributed by atoms with Crippen LogP contribution in [0.2, 0.25) is 0 Å². The highest BCUT2D eigenvalue weighted by molar-refractivity contribution is 5.94. The summed E-state index contributed by atoms with van der Waals surface area (Å²) in [5, 5.41) is 20.7. The fourth-order valence-electron chi connectivity index (χ4n) is 5.99. The Kier molecular flexibility index (Phi) is 15.3. The zero-order chi connectivity index (χ0) is 35.1. The maximum absolute atomic E-state index is 12.9.